The summed E-state index contributed by atoms with van der Waals surface area (Å²) < 4.78 is 7.52. The minimum absolute atomic E-state index is 0.0229. The Hall–Kier alpha value is -2.21. The summed E-state index contributed by atoms with van der Waals surface area (Å²) in [6.45, 7) is 1.61. The first-order valence-corrected chi connectivity index (χ1v) is 6.54. The number of carbonyl (C=O) groups excluding carboxylic acids is 1. The van der Waals surface area contributed by atoms with Gasteiger partial charge in [-0.05, 0) is 12.1 Å². The molecule has 20 heavy (non-hydrogen) atoms. The molecule has 1 atom stereocenters. The quantitative estimate of drug-likeness (QED) is 0.819. The second-order valence-corrected chi connectivity index (χ2v) is 4.75. The van der Waals surface area contributed by atoms with E-state index in [2.05, 4.69) is 9.97 Å². The van der Waals surface area contributed by atoms with Crippen LogP contribution in [0.15, 0.2) is 36.9 Å². The van der Waals surface area contributed by atoms with Crippen LogP contribution in [0.25, 0.3) is 0 Å². The van der Waals surface area contributed by atoms with Crippen LogP contribution in [-0.2, 0) is 11.8 Å². The number of nitrogens with zero attached hydrogens (tertiary/aromatic N) is 4. The molecular formula is C14H16N4O2. The lowest BCUT2D eigenvalue weighted by Crippen LogP contribution is -2.43. The fourth-order valence-corrected chi connectivity index (χ4v) is 2.33. The molecule has 1 saturated heterocycles. The zero-order valence-electron chi connectivity index (χ0n) is 11.3. The third-order valence-electron chi connectivity index (χ3n) is 3.43. The third kappa shape index (κ3) is 2.42. The van der Waals surface area contributed by atoms with Gasteiger partial charge in [0, 0.05) is 32.2 Å². The number of ether oxygens (including phenoxy) is 1. The highest BCUT2D eigenvalue weighted by Crippen LogP contribution is 2.21. The zero-order chi connectivity index (χ0) is 13.9. The van der Waals surface area contributed by atoms with Crippen LogP contribution >= 0.6 is 0 Å². The lowest BCUT2D eigenvalue weighted by molar-refractivity contribution is -0.0252. The zero-order valence-corrected chi connectivity index (χ0v) is 11.3. The first-order valence-electron chi connectivity index (χ1n) is 6.54. The van der Waals surface area contributed by atoms with Gasteiger partial charge in [-0.15, -0.1) is 0 Å². The molecule has 0 bridgehead atoms. The molecule has 104 valence electrons. The van der Waals surface area contributed by atoms with Crippen LogP contribution < -0.4 is 0 Å². The summed E-state index contributed by atoms with van der Waals surface area (Å²) in [7, 11) is 1.87. The van der Waals surface area contributed by atoms with Gasteiger partial charge in [-0.1, -0.05) is 0 Å². The Morgan fingerprint density at radius 2 is 2.35 bits per heavy atom. The van der Waals surface area contributed by atoms with Crippen molar-refractivity contribution in [3.8, 4) is 0 Å². The van der Waals surface area contributed by atoms with E-state index in [9.17, 15) is 4.79 Å². The molecule has 2 aromatic heterocycles. The predicted molar refractivity (Wildman–Crippen MR) is 72.0 cm³/mol. The van der Waals surface area contributed by atoms with E-state index in [1.54, 1.807) is 23.5 Å². The second kappa shape index (κ2) is 5.42. The first-order chi connectivity index (χ1) is 9.75. The molecular weight excluding hydrogens is 256 g/mol. The van der Waals surface area contributed by atoms with E-state index in [1.165, 1.54) is 0 Å². The first kappa shape index (κ1) is 12.8. The predicted octanol–water partition coefficient (Wildman–Crippen LogP) is 1.03. The molecule has 2 aromatic rings. The van der Waals surface area contributed by atoms with Crippen molar-refractivity contribution in [2.45, 2.75) is 6.10 Å². The largest absolute Gasteiger partial charge is 0.368 e. The average Bonchev–Trinajstić information content (AvgIpc) is 2.94. The molecule has 0 aliphatic carbocycles. The molecule has 0 aromatic carbocycles. The van der Waals surface area contributed by atoms with Crippen molar-refractivity contribution >= 4 is 5.91 Å². The van der Waals surface area contributed by atoms with E-state index in [1.807, 2.05) is 29.9 Å². The molecule has 1 aliphatic heterocycles. The second-order valence-electron chi connectivity index (χ2n) is 4.75. The number of carbonyl (C=O) groups is 1. The lowest BCUT2D eigenvalue weighted by Gasteiger charge is -2.32. The average molecular weight is 272 g/mol. The summed E-state index contributed by atoms with van der Waals surface area (Å²) in [4.78, 5) is 22.6. The normalized spacial score (nSPS) is 19.1. The van der Waals surface area contributed by atoms with E-state index in [0.717, 1.165) is 5.69 Å². The molecule has 0 N–H and O–H groups in total. The molecule has 1 amide bonds. The van der Waals surface area contributed by atoms with Crippen molar-refractivity contribution < 1.29 is 9.53 Å². The van der Waals surface area contributed by atoms with E-state index in [0.29, 0.717) is 25.4 Å². The molecule has 0 unspecified atom stereocenters. The summed E-state index contributed by atoms with van der Waals surface area (Å²) in [5, 5.41) is 0. The molecule has 6 heteroatoms. The molecule has 1 aliphatic rings. The van der Waals surface area contributed by atoms with Crippen LogP contribution in [0.5, 0.6) is 0 Å². The number of hydrogen-bond donors (Lipinski definition) is 0. The molecule has 0 saturated carbocycles. The number of aromatic nitrogens is 3. The number of morpholine rings is 1. The van der Waals surface area contributed by atoms with E-state index < -0.39 is 0 Å². The van der Waals surface area contributed by atoms with Crippen molar-refractivity contribution in [1.82, 2.24) is 19.4 Å². The van der Waals surface area contributed by atoms with Crippen LogP contribution in [-0.4, -0.2) is 45.0 Å². The molecule has 0 radical (unpaired) electrons. The summed E-state index contributed by atoms with van der Waals surface area (Å²) in [6.07, 6.45) is 6.60. The van der Waals surface area contributed by atoms with Crippen molar-refractivity contribution in [2.24, 2.45) is 7.05 Å². The fraction of sp³-hybridized carbons (Fsp3) is 0.357. The minimum Gasteiger partial charge on any atom is -0.368 e. The standard InChI is InChI=1S/C14H16N4O2/c1-17-6-2-3-12(17)14(19)18-7-8-20-13(10-18)11-9-15-4-5-16-11/h2-6,9,13H,7-8,10H2,1H3/t13-/m0/s1. The Bertz CT molecular complexity index is 596. The smallest absolute Gasteiger partial charge is 0.270 e. The Morgan fingerprint density at radius 1 is 1.45 bits per heavy atom. The van der Waals surface area contributed by atoms with Crippen molar-refractivity contribution in [1.29, 1.82) is 0 Å². The lowest BCUT2D eigenvalue weighted by atomic mass is 10.2. The van der Waals surface area contributed by atoms with Crippen molar-refractivity contribution in [3.05, 3.63) is 48.3 Å². The number of aryl methyl sites for hydroxylation is 1. The van der Waals surface area contributed by atoms with E-state index in [-0.39, 0.29) is 12.0 Å². The highest BCUT2D eigenvalue weighted by Gasteiger charge is 2.27. The summed E-state index contributed by atoms with van der Waals surface area (Å²) in [5.74, 6) is 0.0229. The van der Waals surface area contributed by atoms with Crippen LogP contribution in [0.1, 0.15) is 22.3 Å². The summed E-state index contributed by atoms with van der Waals surface area (Å²) in [6, 6.07) is 3.70. The Morgan fingerprint density at radius 3 is 3.05 bits per heavy atom. The van der Waals surface area contributed by atoms with Crippen LogP contribution in [0.4, 0.5) is 0 Å². The van der Waals surface area contributed by atoms with Gasteiger partial charge in [0.1, 0.15) is 11.8 Å². The fourth-order valence-electron chi connectivity index (χ4n) is 2.33. The Balaban J connectivity index is 1.76. The highest BCUT2D eigenvalue weighted by atomic mass is 16.5. The van der Waals surface area contributed by atoms with Gasteiger partial charge in [0.15, 0.2) is 0 Å². The van der Waals surface area contributed by atoms with Gasteiger partial charge in [-0.2, -0.15) is 0 Å². The third-order valence-corrected chi connectivity index (χ3v) is 3.43. The monoisotopic (exact) mass is 272 g/mol. The molecule has 6 nitrogen and oxygen atoms in total. The Kier molecular flexibility index (Phi) is 3.47. The summed E-state index contributed by atoms with van der Waals surface area (Å²) in [5.41, 5.74) is 1.45. The van der Waals surface area contributed by atoms with Gasteiger partial charge in [0.25, 0.3) is 5.91 Å². The molecule has 1 fully saturated rings. The van der Waals surface area contributed by atoms with Gasteiger partial charge in [-0.3, -0.25) is 14.8 Å². The maximum absolute atomic E-state index is 12.5. The van der Waals surface area contributed by atoms with Gasteiger partial charge in [-0.25, -0.2) is 0 Å². The highest BCUT2D eigenvalue weighted by molar-refractivity contribution is 5.92. The van der Waals surface area contributed by atoms with Crippen LogP contribution in [0, 0.1) is 0 Å². The number of rotatable bonds is 2. The molecule has 3 heterocycles. The van der Waals surface area contributed by atoms with Crippen LogP contribution in [0.3, 0.4) is 0 Å². The number of hydrogen-bond acceptors (Lipinski definition) is 4. The van der Waals surface area contributed by atoms with Crippen molar-refractivity contribution in [2.75, 3.05) is 19.7 Å². The van der Waals surface area contributed by atoms with E-state index in [4.69, 9.17) is 4.74 Å². The molecule has 3 rings (SSSR count). The van der Waals surface area contributed by atoms with E-state index >= 15 is 0 Å². The SMILES string of the molecule is Cn1cccc1C(=O)N1CCO[C@H](c2cnccn2)C1. The van der Waals surface area contributed by atoms with Crippen LogP contribution in [0.2, 0.25) is 0 Å². The summed E-state index contributed by atoms with van der Waals surface area (Å²) >= 11 is 0. The van der Waals surface area contributed by atoms with Gasteiger partial charge < -0.3 is 14.2 Å². The number of amides is 1. The van der Waals surface area contributed by atoms with Gasteiger partial charge in [0.05, 0.1) is 25.0 Å². The van der Waals surface area contributed by atoms with Crippen molar-refractivity contribution in [3.63, 3.8) is 0 Å². The maximum atomic E-state index is 12.5. The Labute approximate surface area is 117 Å². The van der Waals surface area contributed by atoms with Gasteiger partial charge in [0.2, 0.25) is 0 Å². The topological polar surface area (TPSA) is 60.2 Å². The maximum Gasteiger partial charge on any atom is 0.270 e. The minimum atomic E-state index is -0.207. The molecule has 0 spiro atoms. The van der Waals surface area contributed by atoms with Gasteiger partial charge >= 0.3 is 0 Å².